The van der Waals surface area contributed by atoms with E-state index in [0.29, 0.717) is 37.5 Å². The summed E-state index contributed by atoms with van der Waals surface area (Å²) in [6, 6.07) is 17.3. The van der Waals surface area contributed by atoms with Gasteiger partial charge in [0.2, 0.25) is 0 Å². The second-order valence-electron chi connectivity index (χ2n) is 9.73. The molecule has 3 aromatic carbocycles. The van der Waals surface area contributed by atoms with Crippen molar-refractivity contribution < 1.29 is 19.0 Å². The van der Waals surface area contributed by atoms with E-state index in [2.05, 4.69) is 9.80 Å². The zero-order valence-corrected chi connectivity index (χ0v) is 21.3. The lowest BCUT2D eigenvalue weighted by Gasteiger charge is -2.34. The SMILES string of the molecule is CCN(C(=O)c1ccc(OCCN2CCCC2)cc1)c1cc(F)ccc1N1CCc2cc(O)ccc2C1. The zero-order valence-electron chi connectivity index (χ0n) is 21.3. The maximum absolute atomic E-state index is 14.4. The topological polar surface area (TPSA) is 56.2 Å². The lowest BCUT2D eigenvalue weighted by Crippen LogP contribution is -2.35. The molecule has 5 rings (SSSR count). The van der Waals surface area contributed by atoms with Crippen LogP contribution in [0.1, 0.15) is 41.3 Å². The predicted molar refractivity (Wildman–Crippen MR) is 144 cm³/mol. The molecule has 0 spiro atoms. The summed E-state index contributed by atoms with van der Waals surface area (Å²) >= 11 is 0. The minimum Gasteiger partial charge on any atom is -0.508 e. The van der Waals surface area contributed by atoms with Crippen molar-refractivity contribution in [1.82, 2.24) is 4.90 Å². The number of fused-ring (bicyclic) bond motifs is 1. The molecule has 0 radical (unpaired) electrons. The summed E-state index contributed by atoms with van der Waals surface area (Å²) in [6.07, 6.45) is 3.28. The number of hydrogen-bond acceptors (Lipinski definition) is 5. The Hall–Kier alpha value is -3.58. The highest BCUT2D eigenvalue weighted by Gasteiger charge is 2.25. The number of amides is 1. The van der Waals surface area contributed by atoms with Gasteiger partial charge in [0.25, 0.3) is 5.91 Å². The Kier molecular flexibility index (Phi) is 7.60. The van der Waals surface area contributed by atoms with Gasteiger partial charge in [-0.2, -0.15) is 0 Å². The Bertz CT molecular complexity index is 1240. The summed E-state index contributed by atoms with van der Waals surface area (Å²) in [7, 11) is 0. The first-order valence-corrected chi connectivity index (χ1v) is 13.1. The van der Waals surface area contributed by atoms with Gasteiger partial charge in [-0.1, -0.05) is 6.07 Å². The average Bonchev–Trinajstić information content (AvgIpc) is 3.43. The minimum atomic E-state index is -0.380. The standard InChI is InChI=1S/C30H34FN3O3/c1-2-34(30(36)22-6-10-27(11-7-22)37-18-17-32-14-3-4-15-32)29-20-25(31)8-12-28(29)33-16-13-23-19-26(35)9-5-24(23)21-33/h5-12,19-20,35H,2-4,13-18,21H2,1H3. The molecule has 1 N–H and O–H groups in total. The van der Waals surface area contributed by atoms with Gasteiger partial charge in [-0.25, -0.2) is 4.39 Å². The van der Waals surface area contributed by atoms with Crippen LogP contribution >= 0.6 is 0 Å². The smallest absolute Gasteiger partial charge is 0.258 e. The molecule has 0 atom stereocenters. The van der Waals surface area contributed by atoms with Crippen molar-refractivity contribution in [3.63, 3.8) is 0 Å². The Labute approximate surface area is 217 Å². The summed E-state index contributed by atoms with van der Waals surface area (Å²) in [5.74, 6) is 0.443. The van der Waals surface area contributed by atoms with Crippen molar-refractivity contribution in [3.05, 3.63) is 83.2 Å². The first-order valence-electron chi connectivity index (χ1n) is 13.1. The highest BCUT2D eigenvalue weighted by Crippen LogP contribution is 2.35. The van der Waals surface area contributed by atoms with Crippen LogP contribution in [0.25, 0.3) is 0 Å². The van der Waals surface area contributed by atoms with Crippen LogP contribution < -0.4 is 14.5 Å². The van der Waals surface area contributed by atoms with E-state index in [1.165, 1.54) is 25.0 Å². The first-order chi connectivity index (χ1) is 18.0. The van der Waals surface area contributed by atoms with Crippen LogP contribution in [0, 0.1) is 5.82 Å². The molecule has 1 fully saturated rings. The number of carbonyl (C=O) groups excluding carboxylic acids is 1. The second-order valence-corrected chi connectivity index (χ2v) is 9.73. The van der Waals surface area contributed by atoms with Gasteiger partial charge in [-0.3, -0.25) is 9.69 Å². The Morgan fingerprint density at radius 3 is 2.54 bits per heavy atom. The van der Waals surface area contributed by atoms with Crippen LogP contribution in [0.4, 0.5) is 15.8 Å². The summed E-state index contributed by atoms with van der Waals surface area (Å²) in [5.41, 5.74) is 4.14. The minimum absolute atomic E-state index is 0.180. The molecule has 194 valence electrons. The Morgan fingerprint density at radius 2 is 1.78 bits per heavy atom. The van der Waals surface area contributed by atoms with Gasteiger partial charge in [-0.05, 0) is 105 Å². The maximum Gasteiger partial charge on any atom is 0.258 e. The molecule has 3 aromatic rings. The molecule has 2 aliphatic rings. The number of hydrogen-bond donors (Lipinski definition) is 1. The molecule has 2 aliphatic heterocycles. The average molecular weight is 504 g/mol. The van der Waals surface area contributed by atoms with E-state index < -0.39 is 0 Å². The molecule has 37 heavy (non-hydrogen) atoms. The number of likely N-dealkylation sites (tertiary alicyclic amines) is 1. The van der Waals surface area contributed by atoms with Gasteiger partial charge in [0.1, 0.15) is 23.9 Å². The highest BCUT2D eigenvalue weighted by atomic mass is 19.1. The van der Waals surface area contributed by atoms with E-state index in [1.54, 1.807) is 35.2 Å². The molecular formula is C30H34FN3O3. The first kappa shape index (κ1) is 25.1. The fourth-order valence-electron chi connectivity index (χ4n) is 5.30. The summed E-state index contributed by atoms with van der Waals surface area (Å²) in [5, 5.41) is 9.82. The summed E-state index contributed by atoms with van der Waals surface area (Å²) in [6.45, 7) is 7.46. The van der Waals surface area contributed by atoms with Gasteiger partial charge >= 0.3 is 0 Å². The Balaban J connectivity index is 1.32. The molecule has 1 amide bonds. The van der Waals surface area contributed by atoms with Crippen LogP contribution in [-0.2, 0) is 13.0 Å². The molecular weight excluding hydrogens is 469 g/mol. The van der Waals surface area contributed by atoms with Crippen LogP contribution in [0.3, 0.4) is 0 Å². The number of nitrogens with zero attached hydrogens (tertiary/aromatic N) is 3. The van der Waals surface area contributed by atoms with Gasteiger partial charge in [0.05, 0.1) is 11.4 Å². The molecule has 0 aliphatic carbocycles. The molecule has 0 saturated carbocycles. The Morgan fingerprint density at radius 1 is 1.00 bits per heavy atom. The normalized spacial score (nSPS) is 15.5. The quantitative estimate of drug-likeness (QED) is 0.456. The second kappa shape index (κ2) is 11.2. The van der Waals surface area contributed by atoms with E-state index in [-0.39, 0.29) is 17.5 Å². The van der Waals surface area contributed by atoms with Crippen molar-refractivity contribution >= 4 is 17.3 Å². The fraction of sp³-hybridized carbons (Fsp3) is 0.367. The van der Waals surface area contributed by atoms with E-state index in [1.807, 2.05) is 25.1 Å². The van der Waals surface area contributed by atoms with E-state index >= 15 is 0 Å². The monoisotopic (exact) mass is 503 g/mol. The lowest BCUT2D eigenvalue weighted by atomic mass is 9.98. The number of rotatable bonds is 8. The number of carbonyl (C=O) groups is 1. The van der Waals surface area contributed by atoms with Gasteiger partial charge in [-0.15, -0.1) is 0 Å². The zero-order chi connectivity index (χ0) is 25.8. The van der Waals surface area contributed by atoms with Crippen molar-refractivity contribution in [2.45, 2.75) is 32.7 Å². The van der Waals surface area contributed by atoms with E-state index in [0.717, 1.165) is 48.6 Å². The van der Waals surface area contributed by atoms with Crippen molar-refractivity contribution in [2.24, 2.45) is 0 Å². The van der Waals surface area contributed by atoms with Gasteiger partial charge in [0, 0.05) is 31.7 Å². The lowest BCUT2D eigenvalue weighted by molar-refractivity contribution is 0.0988. The van der Waals surface area contributed by atoms with E-state index in [9.17, 15) is 14.3 Å². The third-order valence-corrected chi connectivity index (χ3v) is 7.31. The van der Waals surface area contributed by atoms with Crippen LogP contribution in [-0.4, -0.2) is 55.2 Å². The molecule has 0 bridgehead atoms. The van der Waals surface area contributed by atoms with Crippen molar-refractivity contribution in [2.75, 3.05) is 49.1 Å². The van der Waals surface area contributed by atoms with Crippen molar-refractivity contribution in [1.29, 1.82) is 0 Å². The van der Waals surface area contributed by atoms with Gasteiger partial charge < -0.3 is 19.6 Å². The molecule has 7 heteroatoms. The number of ether oxygens (including phenoxy) is 1. The number of phenolic OH excluding ortho intramolecular Hbond substituents is 1. The number of benzene rings is 3. The largest absolute Gasteiger partial charge is 0.508 e. The number of anilines is 2. The van der Waals surface area contributed by atoms with Crippen LogP contribution in [0.2, 0.25) is 0 Å². The fourth-order valence-corrected chi connectivity index (χ4v) is 5.30. The van der Waals surface area contributed by atoms with Gasteiger partial charge in [0.15, 0.2) is 0 Å². The van der Waals surface area contributed by atoms with Crippen LogP contribution in [0.5, 0.6) is 11.5 Å². The highest BCUT2D eigenvalue weighted by molar-refractivity contribution is 6.07. The third kappa shape index (κ3) is 5.72. The maximum atomic E-state index is 14.4. The molecule has 6 nitrogen and oxygen atoms in total. The predicted octanol–water partition coefficient (Wildman–Crippen LogP) is 5.24. The number of phenols is 1. The summed E-state index contributed by atoms with van der Waals surface area (Å²) in [4.78, 5) is 19.8. The van der Waals surface area contributed by atoms with E-state index in [4.69, 9.17) is 4.74 Å². The van der Waals surface area contributed by atoms with Crippen LogP contribution in [0.15, 0.2) is 60.7 Å². The molecule has 0 unspecified atom stereocenters. The van der Waals surface area contributed by atoms with Crippen molar-refractivity contribution in [3.8, 4) is 11.5 Å². The number of halogens is 1. The number of aromatic hydroxyl groups is 1. The molecule has 1 saturated heterocycles. The molecule has 0 aromatic heterocycles. The summed E-state index contributed by atoms with van der Waals surface area (Å²) < 4.78 is 20.3. The molecule has 2 heterocycles. The third-order valence-electron chi connectivity index (χ3n) is 7.31.